The molecule has 7 nitrogen and oxygen atoms in total. The third-order valence-electron chi connectivity index (χ3n) is 5.79. The lowest BCUT2D eigenvalue weighted by Crippen LogP contribution is -2.44. The normalized spacial score (nSPS) is 15.5. The number of nitrogens with one attached hydrogen (secondary N) is 3. The zero-order valence-electron chi connectivity index (χ0n) is 19.1. The van der Waals surface area contributed by atoms with E-state index in [4.69, 9.17) is 0 Å². The second-order valence-corrected chi connectivity index (χ2v) is 8.50. The number of aryl methyl sites for hydroxylation is 1. The second-order valence-electron chi connectivity index (χ2n) is 8.50. The summed E-state index contributed by atoms with van der Waals surface area (Å²) in [6.45, 7) is 3.64. The number of carbonyl (C=O) groups is 2. The van der Waals surface area contributed by atoms with Gasteiger partial charge in [0.05, 0.1) is 5.56 Å². The van der Waals surface area contributed by atoms with E-state index < -0.39 is 0 Å². The number of carbonyl (C=O) groups excluding carboxylic acids is 2. The predicted octanol–water partition coefficient (Wildman–Crippen LogP) is 4.95. The molecule has 8 heteroatoms. The monoisotopic (exact) mass is 461 g/mol. The minimum atomic E-state index is -0.369. The average Bonchev–Trinajstić information content (AvgIpc) is 2.84. The second kappa shape index (κ2) is 10.8. The van der Waals surface area contributed by atoms with E-state index in [1.807, 2.05) is 31.2 Å². The molecule has 1 saturated heterocycles. The van der Waals surface area contributed by atoms with Gasteiger partial charge in [0, 0.05) is 37.2 Å². The highest BCUT2D eigenvalue weighted by Crippen LogP contribution is 2.23. The number of benzene rings is 2. The van der Waals surface area contributed by atoms with Crippen LogP contribution < -0.4 is 16.0 Å². The lowest BCUT2D eigenvalue weighted by Gasteiger charge is -2.33. The van der Waals surface area contributed by atoms with Crippen LogP contribution in [0.15, 0.2) is 66.9 Å². The van der Waals surface area contributed by atoms with Crippen LogP contribution in [0.3, 0.4) is 0 Å². The van der Waals surface area contributed by atoms with Crippen LogP contribution in [0.25, 0.3) is 0 Å². The molecular formula is C26H28FN5O2. The Morgan fingerprint density at radius 1 is 1.09 bits per heavy atom. The van der Waals surface area contributed by atoms with Crippen molar-refractivity contribution in [2.24, 2.45) is 5.92 Å². The zero-order chi connectivity index (χ0) is 23.9. The van der Waals surface area contributed by atoms with E-state index in [0.717, 1.165) is 24.1 Å². The number of hydrogen-bond donors (Lipinski definition) is 3. The first kappa shape index (κ1) is 23.2. The van der Waals surface area contributed by atoms with Crippen molar-refractivity contribution in [2.75, 3.05) is 30.3 Å². The molecule has 1 aliphatic rings. The molecule has 3 amide bonds. The molecule has 0 bridgehead atoms. The number of halogens is 1. The fraction of sp³-hybridized carbons (Fsp3) is 0.269. The fourth-order valence-corrected chi connectivity index (χ4v) is 4.02. The van der Waals surface area contributed by atoms with Crippen LogP contribution in [0.5, 0.6) is 0 Å². The molecule has 3 aromatic rings. The minimum Gasteiger partial charge on any atom is -0.339 e. The van der Waals surface area contributed by atoms with Crippen LogP contribution >= 0.6 is 0 Å². The van der Waals surface area contributed by atoms with Crippen LogP contribution in [-0.2, 0) is 0 Å². The number of nitrogens with zero attached hydrogens (tertiary/aromatic N) is 2. The molecule has 1 fully saturated rings. The van der Waals surface area contributed by atoms with Crippen molar-refractivity contribution >= 4 is 29.1 Å². The van der Waals surface area contributed by atoms with Gasteiger partial charge in [-0.05, 0) is 68.1 Å². The number of hydrogen-bond acceptors (Lipinski definition) is 4. The van der Waals surface area contributed by atoms with Gasteiger partial charge >= 0.3 is 6.03 Å². The molecule has 1 atom stereocenters. The molecular weight excluding hydrogens is 433 g/mol. The summed E-state index contributed by atoms with van der Waals surface area (Å²) >= 11 is 0. The highest BCUT2D eigenvalue weighted by Gasteiger charge is 2.26. The number of amides is 3. The lowest BCUT2D eigenvalue weighted by atomic mass is 9.97. The number of rotatable bonds is 6. The molecule has 3 N–H and O–H groups in total. The maximum atomic E-state index is 13.6. The topological polar surface area (TPSA) is 86.4 Å². The van der Waals surface area contributed by atoms with E-state index in [1.165, 1.54) is 12.1 Å². The standard InChI is InChI=1S/C26H28FN5O2/c1-18-9-11-21(12-10-18)31-26(34)29-16-19-5-4-14-32(17-19)25(33)23-8-3-13-28-24(23)30-22-7-2-6-20(27)15-22/h2-3,6-13,15,19H,4-5,14,16-17H2,1H3,(H,28,30)(H2,29,31,34). The summed E-state index contributed by atoms with van der Waals surface area (Å²) in [4.78, 5) is 31.7. The number of pyridine rings is 1. The number of urea groups is 1. The average molecular weight is 462 g/mol. The Hall–Kier alpha value is -3.94. The van der Waals surface area contributed by atoms with E-state index >= 15 is 0 Å². The van der Waals surface area contributed by atoms with Crippen molar-refractivity contribution in [3.8, 4) is 0 Å². The van der Waals surface area contributed by atoms with Gasteiger partial charge in [0.2, 0.25) is 0 Å². The molecule has 0 saturated carbocycles. The molecule has 2 aromatic carbocycles. The molecule has 1 aliphatic heterocycles. The van der Waals surface area contributed by atoms with Crippen LogP contribution in [0, 0.1) is 18.7 Å². The highest BCUT2D eigenvalue weighted by atomic mass is 19.1. The summed E-state index contributed by atoms with van der Waals surface area (Å²) in [6.07, 6.45) is 3.37. The third-order valence-corrected chi connectivity index (χ3v) is 5.79. The van der Waals surface area contributed by atoms with Gasteiger partial charge in [-0.2, -0.15) is 0 Å². The Morgan fingerprint density at radius 2 is 1.91 bits per heavy atom. The smallest absolute Gasteiger partial charge is 0.319 e. The van der Waals surface area contributed by atoms with Crippen LogP contribution in [0.4, 0.5) is 26.4 Å². The first-order valence-electron chi connectivity index (χ1n) is 11.4. The first-order chi connectivity index (χ1) is 16.5. The van der Waals surface area contributed by atoms with E-state index in [9.17, 15) is 14.0 Å². The summed E-state index contributed by atoms with van der Waals surface area (Å²) in [5.74, 6) is 0.0287. The summed E-state index contributed by atoms with van der Waals surface area (Å²) in [6, 6.07) is 16.8. The van der Waals surface area contributed by atoms with E-state index in [0.29, 0.717) is 36.7 Å². The van der Waals surface area contributed by atoms with Crippen molar-refractivity contribution in [2.45, 2.75) is 19.8 Å². The van der Waals surface area contributed by atoms with Gasteiger partial charge in [-0.1, -0.05) is 23.8 Å². The molecule has 4 rings (SSSR count). The largest absolute Gasteiger partial charge is 0.339 e. The maximum absolute atomic E-state index is 13.6. The summed E-state index contributed by atoms with van der Waals surface area (Å²) in [5, 5.41) is 8.79. The molecule has 0 aliphatic carbocycles. The van der Waals surface area contributed by atoms with Crippen LogP contribution in [0.1, 0.15) is 28.8 Å². The molecule has 0 radical (unpaired) electrons. The van der Waals surface area contributed by atoms with Crippen molar-refractivity contribution in [1.29, 1.82) is 0 Å². The van der Waals surface area contributed by atoms with Gasteiger partial charge in [-0.25, -0.2) is 14.2 Å². The summed E-state index contributed by atoms with van der Waals surface area (Å²) in [7, 11) is 0. The van der Waals surface area contributed by atoms with E-state index in [1.54, 1.807) is 35.4 Å². The number of aromatic nitrogens is 1. The Labute approximate surface area is 198 Å². The van der Waals surface area contributed by atoms with Crippen molar-refractivity contribution in [3.05, 3.63) is 83.8 Å². The van der Waals surface area contributed by atoms with Gasteiger partial charge in [0.15, 0.2) is 0 Å². The van der Waals surface area contributed by atoms with Gasteiger partial charge in [-0.15, -0.1) is 0 Å². The van der Waals surface area contributed by atoms with E-state index in [-0.39, 0.29) is 23.7 Å². The minimum absolute atomic E-state index is 0.138. The summed E-state index contributed by atoms with van der Waals surface area (Å²) in [5.41, 5.74) is 2.81. The summed E-state index contributed by atoms with van der Waals surface area (Å²) < 4.78 is 13.6. The highest BCUT2D eigenvalue weighted by molar-refractivity contribution is 5.99. The quantitative estimate of drug-likeness (QED) is 0.485. The van der Waals surface area contributed by atoms with Crippen LogP contribution in [-0.4, -0.2) is 41.5 Å². The number of piperidine rings is 1. The van der Waals surface area contributed by atoms with E-state index in [2.05, 4.69) is 20.9 Å². The lowest BCUT2D eigenvalue weighted by molar-refractivity contribution is 0.0676. The van der Waals surface area contributed by atoms with Gasteiger partial charge in [0.25, 0.3) is 5.91 Å². The molecule has 1 aromatic heterocycles. The molecule has 2 heterocycles. The van der Waals surface area contributed by atoms with Crippen molar-refractivity contribution in [1.82, 2.24) is 15.2 Å². The Bertz CT molecular complexity index is 1150. The molecule has 176 valence electrons. The van der Waals surface area contributed by atoms with Crippen LogP contribution in [0.2, 0.25) is 0 Å². The predicted molar refractivity (Wildman–Crippen MR) is 131 cm³/mol. The maximum Gasteiger partial charge on any atom is 0.319 e. The SMILES string of the molecule is Cc1ccc(NC(=O)NCC2CCCN(C(=O)c3cccnc3Nc3cccc(F)c3)C2)cc1. The third kappa shape index (κ3) is 6.10. The van der Waals surface area contributed by atoms with Gasteiger partial charge < -0.3 is 20.9 Å². The molecule has 1 unspecified atom stereocenters. The Morgan fingerprint density at radius 3 is 2.71 bits per heavy atom. The van der Waals surface area contributed by atoms with Crippen molar-refractivity contribution < 1.29 is 14.0 Å². The molecule has 0 spiro atoms. The Balaban J connectivity index is 1.35. The Kier molecular flexibility index (Phi) is 7.37. The fourth-order valence-electron chi connectivity index (χ4n) is 4.02. The first-order valence-corrected chi connectivity index (χ1v) is 11.4. The number of likely N-dealkylation sites (tertiary alicyclic amines) is 1. The van der Waals surface area contributed by atoms with Gasteiger partial charge in [0.1, 0.15) is 11.6 Å². The number of anilines is 3. The van der Waals surface area contributed by atoms with Crippen molar-refractivity contribution in [3.63, 3.8) is 0 Å². The molecule has 34 heavy (non-hydrogen) atoms. The zero-order valence-corrected chi connectivity index (χ0v) is 19.1. The van der Waals surface area contributed by atoms with Gasteiger partial charge in [-0.3, -0.25) is 4.79 Å².